The van der Waals surface area contributed by atoms with Crippen molar-refractivity contribution in [2.24, 2.45) is 0 Å². The van der Waals surface area contributed by atoms with Crippen molar-refractivity contribution in [1.82, 2.24) is 9.55 Å². The van der Waals surface area contributed by atoms with E-state index in [0.717, 1.165) is 35.3 Å². The van der Waals surface area contributed by atoms with Crippen LogP contribution in [0.15, 0.2) is 36.4 Å². The molecule has 0 aliphatic carbocycles. The second-order valence-corrected chi connectivity index (χ2v) is 6.89. The number of rotatable bonds is 5. The number of carbonyl (C=O) groups excluding carboxylic acids is 1. The highest BCUT2D eigenvalue weighted by Gasteiger charge is 2.23. The first kappa shape index (κ1) is 17.7. The van der Waals surface area contributed by atoms with Crippen LogP contribution < -0.4 is 5.46 Å². The summed E-state index contributed by atoms with van der Waals surface area (Å²) >= 11 is 0. The fraction of sp³-hybridized carbons (Fsp3) is 0.300. The molecule has 0 radical (unpaired) electrons. The third kappa shape index (κ3) is 3.47. The fourth-order valence-electron chi connectivity index (χ4n) is 3.35. The number of imidazole rings is 1. The molecule has 1 saturated heterocycles. The van der Waals surface area contributed by atoms with Gasteiger partial charge >= 0.3 is 5.97 Å². The standard InChI is InChI=1S/C20H20BFN2O3/c1-26-20(25)13-3-5-17-18(8-13)24(11-15-6-7-27-15)19(23-17)9-12-2-4-14(21)10-16(12)22/h2-5,8,10,15H,6-7,9,11,21H2,1H3. The normalized spacial score (nSPS) is 16.3. The molecular formula is C20H20BFN2O3. The molecule has 0 amide bonds. The second-order valence-electron chi connectivity index (χ2n) is 6.89. The number of nitrogens with zero attached hydrogens (tertiary/aromatic N) is 2. The summed E-state index contributed by atoms with van der Waals surface area (Å²) in [5, 5.41) is 0. The lowest BCUT2D eigenvalue weighted by molar-refractivity contribution is -0.0589. The van der Waals surface area contributed by atoms with Gasteiger partial charge in [-0.3, -0.25) is 0 Å². The summed E-state index contributed by atoms with van der Waals surface area (Å²) in [5.74, 6) is 0.129. The van der Waals surface area contributed by atoms with Crippen molar-refractivity contribution in [2.75, 3.05) is 13.7 Å². The summed E-state index contributed by atoms with van der Waals surface area (Å²) in [7, 11) is 3.22. The lowest BCUT2D eigenvalue weighted by Gasteiger charge is -2.27. The van der Waals surface area contributed by atoms with Crippen LogP contribution in [0.3, 0.4) is 0 Å². The molecule has 7 heteroatoms. The molecular weight excluding hydrogens is 346 g/mol. The van der Waals surface area contributed by atoms with E-state index in [2.05, 4.69) is 0 Å². The molecule has 5 nitrogen and oxygen atoms in total. The first-order valence-corrected chi connectivity index (χ1v) is 8.99. The highest BCUT2D eigenvalue weighted by Crippen LogP contribution is 2.24. The zero-order valence-corrected chi connectivity index (χ0v) is 15.4. The lowest BCUT2D eigenvalue weighted by atomic mass is 9.94. The largest absolute Gasteiger partial charge is 0.465 e. The minimum absolute atomic E-state index is 0.116. The molecule has 1 atom stereocenters. The number of fused-ring (bicyclic) bond motifs is 1. The zero-order chi connectivity index (χ0) is 19.0. The summed E-state index contributed by atoms with van der Waals surface area (Å²) in [6.45, 7) is 1.39. The molecule has 138 valence electrons. The number of hydrogen-bond acceptors (Lipinski definition) is 4. The number of benzene rings is 2. The van der Waals surface area contributed by atoms with Gasteiger partial charge in [0.2, 0.25) is 0 Å². The maximum Gasteiger partial charge on any atom is 0.337 e. The molecule has 27 heavy (non-hydrogen) atoms. The van der Waals surface area contributed by atoms with E-state index in [1.807, 2.05) is 18.5 Å². The van der Waals surface area contributed by atoms with E-state index in [0.29, 0.717) is 24.1 Å². The monoisotopic (exact) mass is 366 g/mol. The van der Waals surface area contributed by atoms with Crippen LogP contribution in [-0.2, 0) is 22.4 Å². The number of halogens is 1. The maximum absolute atomic E-state index is 14.4. The van der Waals surface area contributed by atoms with Gasteiger partial charge in [0.15, 0.2) is 0 Å². The van der Waals surface area contributed by atoms with Gasteiger partial charge in [0.05, 0.1) is 36.4 Å². The van der Waals surface area contributed by atoms with Crippen molar-refractivity contribution in [3.8, 4) is 0 Å². The summed E-state index contributed by atoms with van der Waals surface area (Å²) < 4.78 is 26.8. The minimum atomic E-state index is -0.393. The predicted octanol–water partition coefficient (Wildman–Crippen LogP) is 1.60. The Bertz CT molecular complexity index is 1010. The van der Waals surface area contributed by atoms with Crippen molar-refractivity contribution >= 4 is 30.3 Å². The maximum atomic E-state index is 14.4. The van der Waals surface area contributed by atoms with Crippen molar-refractivity contribution in [3.63, 3.8) is 0 Å². The van der Waals surface area contributed by atoms with Crippen molar-refractivity contribution < 1.29 is 18.7 Å². The molecule has 0 N–H and O–H groups in total. The van der Waals surface area contributed by atoms with Gasteiger partial charge in [0.25, 0.3) is 0 Å². The Morgan fingerprint density at radius 3 is 2.85 bits per heavy atom. The van der Waals surface area contributed by atoms with Crippen LogP contribution in [0.1, 0.15) is 28.2 Å². The average molecular weight is 366 g/mol. The summed E-state index contributed by atoms with van der Waals surface area (Å²) in [4.78, 5) is 16.6. The van der Waals surface area contributed by atoms with Gasteiger partial charge in [0, 0.05) is 13.0 Å². The van der Waals surface area contributed by atoms with Crippen LogP contribution in [-0.4, -0.2) is 43.2 Å². The van der Waals surface area contributed by atoms with Gasteiger partial charge in [-0.15, -0.1) is 0 Å². The Morgan fingerprint density at radius 2 is 2.19 bits per heavy atom. The van der Waals surface area contributed by atoms with Crippen molar-refractivity contribution in [2.45, 2.75) is 25.5 Å². The van der Waals surface area contributed by atoms with E-state index in [-0.39, 0.29) is 11.9 Å². The molecule has 0 bridgehead atoms. The SMILES string of the molecule is Bc1ccc(Cc2nc3ccc(C(=O)OC)cc3n2CC2CCO2)c(F)c1. The predicted molar refractivity (Wildman–Crippen MR) is 103 cm³/mol. The lowest BCUT2D eigenvalue weighted by Crippen LogP contribution is -2.31. The molecule has 2 heterocycles. The third-order valence-corrected chi connectivity index (χ3v) is 4.99. The van der Waals surface area contributed by atoms with Crippen molar-refractivity contribution in [1.29, 1.82) is 0 Å². The Kier molecular flexibility index (Phi) is 4.70. The molecule has 0 saturated carbocycles. The van der Waals surface area contributed by atoms with E-state index < -0.39 is 5.97 Å². The van der Waals surface area contributed by atoms with Gasteiger partial charge in [0.1, 0.15) is 19.5 Å². The second kappa shape index (κ2) is 7.16. The average Bonchev–Trinajstić information content (AvgIpc) is 2.96. The van der Waals surface area contributed by atoms with Crippen LogP contribution >= 0.6 is 0 Å². The van der Waals surface area contributed by atoms with Gasteiger partial charge in [-0.1, -0.05) is 17.6 Å². The first-order valence-electron chi connectivity index (χ1n) is 8.99. The first-order chi connectivity index (χ1) is 13.0. The van der Waals surface area contributed by atoms with Crippen LogP contribution in [0, 0.1) is 5.82 Å². The number of aromatic nitrogens is 2. The molecule has 1 aromatic heterocycles. The number of esters is 1. The van der Waals surface area contributed by atoms with Crippen LogP contribution in [0.25, 0.3) is 11.0 Å². The molecule has 1 aliphatic heterocycles. The number of hydrogen-bond donors (Lipinski definition) is 0. The van der Waals surface area contributed by atoms with E-state index in [1.165, 1.54) is 13.2 Å². The Labute approximate surface area is 157 Å². The Morgan fingerprint density at radius 1 is 1.37 bits per heavy atom. The van der Waals surface area contributed by atoms with Crippen LogP contribution in [0.4, 0.5) is 4.39 Å². The highest BCUT2D eigenvalue weighted by atomic mass is 19.1. The third-order valence-electron chi connectivity index (χ3n) is 4.99. The van der Waals surface area contributed by atoms with Crippen LogP contribution in [0.2, 0.25) is 0 Å². The summed E-state index contributed by atoms with van der Waals surface area (Å²) in [6.07, 6.45) is 1.47. The Hall–Kier alpha value is -2.67. The van der Waals surface area contributed by atoms with Gasteiger partial charge in [-0.2, -0.15) is 0 Å². The molecule has 1 fully saturated rings. The minimum Gasteiger partial charge on any atom is -0.465 e. The molecule has 0 spiro atoms. The molecule has 4 rings (SSSR count). The number of methoxy groups -OCH3 is 1. The quantitative estimate of drug-likeness (QED) is 0.509. The topological polar surface area (TPSA) is 53.3 Å². The molecule has 1 unspecified atom stereocenters. The van der Waals surface area contributed by atoms with Gasteiger partial charge in [-0.05, 0) is 36.2 Å². The number of carbonyl (C=O) groups is 1. The van der Waals surface area contributed by atoms with E-state index >= 15 is 0 Å². The number of ether oxygens (including phenoxy) is 2. The molecule has 1 aliphatic rings. The van der Waals surface area contributed by atoms with E-state index in [1.54, 1.807) is 24.3 Å². The van der Waals surface area contributed by atoms with Gasteiger partial charge < -0.3 is 14.0 Å². The smallest absolute Gasteiger partial charge is 0.337 e. The van der Waals surface area contributed by atoms with Gasteiger partial charge in [-0.25, -0.2) is 14.2 Å². The zero-order valence-electron chi connectivity index (χ0n) is 15.4. The molecule has 2 aromatic carbocycles. The summed E-state index contributed by atoms with van der Waals surface area (Å²) in [6, 6.07) is 10.5. The molecule has 3 aromatic rings. The summed E-state index contributed by atoms with van der Waals surface area (Å²) in [5.41, 5.74) is 3.55. The van der Waals surface area contributed by atoms with E-state index in [4.69, 9.17) is 14.5 Å². The van der Waals surface area contributed by atoms with Crippen LogP contribution in [0.5, 0.6) is 0 Å². The highest BCUT2D eigenvalue weighted by molar-refractivity contribution is 6.32. The fourth-order valence-corrected chi connectivity index (χ4v) is 3.35. The van der Waals surface area contributed by atoms with E-state index in [9.17, 15) is 9.18 Å². The van der Waals surface area contributed by atoms with Crippen molar-refractivity contribution in [3.05, 3.63) is 59.2 Å². The Balaban J connectivity index is 1.77.